The highest BCUT2D eigenvalue weighted by molar-refractivity contribution is 7.89. The molecule has 2 fully saturated rings. The molecule has 1 spiro atoms. The molecule has 0 aliphatic carbocycles. The van der Waals surface area contributed by atoms with Gasteiger partial charge in [0.25, 0.3) is 0 Å². The largest absolute Gasteiger partial charge is 0.358 e. The van der Waals surface area contributed by atoms with E-state index in [0.29, 0.717) is 39.1 Å². The molecule has 144 valence electrons. The van der Waals surface area contributed by atoms with E-state index in [4.69, 9.17) is 4.74 Å². The van der Waals surface area contributed by atoms with Crippen LogP contribution >= 0.6 is 0 Å². The van der Waals surface area contributed by atoms with Crippen molar-refractivity contribution in [3.05, 3.63) is 30.3 Å². The fraction of sp³-hybridized carbons (Fsp3) is 0.611. The molecule has 7 nitrogen and oxygen atoms in total. The van der Waals surface area contributed by atoms with Gasteiger partial charge in [-0.05, 0) is 32.9 Å². The van der Waals surface area contributed by atoms with E-state index in [-0.39, 0.29) is 16.5 Å². The highest BCUT2D eigenvalue weighted by Crippen LogP contribution is 2.38. The summed E-state index contributed by atoms with van der Waals surface area (Å²) in [6, 6.07) is 8.32. The van der Waals surface area contributed by atoms with E-state index in [1.807, 2.05) is 20.8 Å². The van der Waals surface area contributed by atoms with Crippen LogP contribution in [0.2, 0.25) is 0 Å². The lowest BCUT2D eigenvalue weighted by Gasteiger charge is -2.43. The van der Waals surface area contributed by atoms with Gasteiger partial charge in [0.15, 0.2) is 0 Å². The maximum absolute atomic E-state index is 13.1. The maximum Gasteiger partial charge on any atom is 0.317 e. The second-order valence-electron chi connectivity index (χ2n) is 7.85. The minimum atomic E-state index is -3.62. The minimum absolute atomic E-state index is 0.122. The van der Waals surface area contributed by atoms with Gasteiger partial charge in [0.1, 0.15) is 5.72 Å². The van der Waals surface area contributed by atoms with Gasteiger partial charge in [-0.2, -0.15) is 4.31 Å². The molecule has 1 aromatic carbocycles. The predicted octanol–water partition coefficient (Wildman–Crippen LogP) is 2.01. The summed E-state index contributed by atoms with van der Waals surface area (Å²) >= 11 is 0. The number of sulfonamides is 1. The molecule has 2 aliphatic heterocycles. The third kappa shape index (κ3) is 3.72. The molecule has 0 saturated carbocycles. The molecule has 2 amide bonds. The highest BCUT2D eigenvalue weighted by atomic mass is 32.2. The zero-order valence-electron chi connectivity index (χ0n) is 15.6. The molecule has 1 N–H and O–H groups in total. The van der Waals surface area contributed by atoms with E-state index < -0.39 is 15.7 Å². The summed E-state index contributed by atoms with van der Waals surface area (Å²) in [7, 11) is -3.62. The molecule has 2 saturated heterocycles. The van der Waals surface area contributed by atoms with Gasteiger partial charge in [0, 0.05) is 38.0 Å². The Hall–Kier alpha value is -1.64. The lowest BCUT2D eigenvalue weighted by molar-refractivity contribution is -0.0847. The van der Waals surface area contributed by atoms with E-state index in [1.165, 1.54) is 4.31 Å². The Labute approximate surface area is 155 Å². The van der Waals surface area contributed by atoms with Crippen LogP contribution < -0.4 is 5.32 Å². The lowest BCUT2D eigenvalue weighted by atomic mass is 10.0. The molecule has 0 bridgehead atoms. The fourth-order valence-electron chi connectivity index (χ4n) is 3.51. The number of likely N-dealkylation sites (tertiary alicyclic amines) is 1. The first kappa shape index (κ1) is 19.1. The van der Waals surface area contributed by atoms with E-state index in [2.05, 4.69) is 5.32 Å². The second kappa shape index (κ2) is 6.83. The molecule has 1 aromatic rings. The first-order chi connectivity index (χ1) is 12.1. The lowest BCUT2D eigenvalue weighted by Crippen LogP contribution is -2.58. The Morgan fingerprint density at radius 1 is 1.12 bits per heavy atom. The van der Waals surface area contributed by atoms with Gasteiger partial charge >= 0.3 is 6.03 Å². The van der Waals surface area contributed by atoms with Crippen LogP contribution in [0.5, 0.6) is 0 Å². The predicted molar refractivity (Wildman–Crippen MR) is 98.1 cm³/mol. The van der Waals surface area contributed by atoms with Crippen LogP contribution in [0.25, 0.3) is 0 Å². The Bertz CT molecular complexity index is 750. The van der Waals surface area contributed by atoms with Gasteiger partial charge in [-0.1, -0.05) is 18.2 Å². The zero-order chi connectivity index (χ0) is 19.0. The Kier molecular flexibility index (Phi) is 5.02. The third-order valence-corrected chi connectivity index (χ3v) is 6.73. The molecule has 26 heavy (non-hydrogen) atoms. The fourth-order valence-corrected chi connectivity index (χ4v) is 5.25. The summed E-state index contributed by atoms with van der Waals surface area (Å²) in [5, 5.41) is 2.95. The second-order valence-corrected chi connectivity index (χ2v) is 9.71. The van der Waals surface area contributed by atoms with E-state index >= 15 is 0 Å². The summed E-state index contributed by atoms with van der Waals surface area (Å²) in [6.07, 6.45) is 0.938. The van der Waals surface area contributed by atoms with Gasteiger partial charge in [-0.25, -0.2) is 13.2 Å². The van der Waals surface area contributed by atoms with Crippen LogP contribution in [0.3, 0.4) is 0 Å². The number of nitrogens with one attached hydrogen (secondary N) is 1. The Balaban J connectivity index is 1.74. The number of rotatable bonds is 2. The molecule has 8 heteroatoms. The van der Waals surface area contributed by atoms with Crippen LogP contribution in [0.1, 0.15) is 33.6 Å². The smallest absolute Gasteiger partial charge is 0.317 e. The van der Waals surface area contributed by atoms with Gasteiger partial charge in [0.2, 0.25) is 10.0 Å². The van der Waals surface area contributed by atoms with Crippen molar-refractivity contribution in [2.75, 3.05) is 26.2 Å². The van der Waals surface area contributed by atoms with Gasteiger partial charge in [0.05, 0.1) is 11.5 Å². The topological polar surface area (TPSA) is 79.0 Å². The molecular formula is C18H27N3O4S. The number of carbonyl (C=O) groups excluding carboxylic acids is 1. The average Bonchev–Trinajstić information content (AvgIpc) is 2.98. The maximum atomic E-state index is 13.1. The van der Waals surface area contributed by atoms with Crippen molar-refractivity contribution in [2.45, 2.75) is 49.8 Å². The van der Waals surface area contributed by atoms with Crippen molar-refractivity contribution < 1.29 is 17.9 Å². The minimum Gasteiger partial charge on any atom is -0.358 e. The van der Waals surface area contributed by atoms with Gasteiger partial charge < -0.3 is 15.0 Å². The standard InChI is InChI=1S/C18H27N3O4S/c1-17(2,3)19-16(22)20-11-9-18(10-12-20)21(13-14-25-18)26(23,24)15-7-5-4-6-8-15/h4-8H,9-14H2,1-3H3,(H,19,22). The first-order valence-corrected chi connectivity index (χ1v) is 10.4. The van der Waals surface area contributed by atoms with Crippen molar-refractivity contribution in [3.8, 4) is 0 Å². The molecule has 2 aliphatic rings. The van der Waals surface area contributed by atoms with Crippen LogP contribution in [0, 0.1) is 0 Å². The number of benzene rings is 1. The summed E-state index contributed by atoms with van der Waals surface area (Å²) < 4.78 is 33.5. The van der Waals surface area contributed by atoms with E-state index in [9.17, 15) is 13.2 Å². The number of hydrogen-bond acceptors (Lipinski definition) is 4. The molecular weight excluding hydrogens is 354 g/mol. The Morgan fingerprint density at radius 2 is 1.73 bits per heavy atom. The average molecular weight is 381 g/mol. The van der Waals surface area contributed by atoms with Crippen LogP contribution in [-0.2, 0) is 14.8 Å². The first-order valence-electron chi connectivity index (χ1n) is 8.93. The number of amides is 2. The third-order valence-electron chi connectivity index (χ3n) is 4.76. The van der Waals surface area contributed by atoms with Gasteiger partial charge in [-0.15, -0.1) is 0 Å². The SMILES string of the molecule is CC(C)(C)NC(=O)N1CCC2(CC1)OCCN2S(=O)(=O)c1ccccc1. The summed E-state index contributed by atoms with van der Waals surface area (Å²) in [5.74, 6) is 0. The molecule has 0 unspecified atom stereocenters. The van der Waals surface area contributed by atoms with Crippen molar-refractivity contribution in [3.63, 3.8) is 0 Å². The normalized spacial score (nSPS) is 21.1. The van der Waals surface area contributed by atoms with Crippen LogP contribution in [0.4, 0.5) is 4.79 Å². The Morgan fingerprint density at radius 3 is 2.31 bits per heavy atom. The highest BCUT2D eigenvalue weighted by Gasteiger charge is 2.51. The van der Waals surface area contributed by atoms with Crippen molar-refractivity contribution in [2.24, 2.45) is 0 Å². The molecule has 2 heterocycles. The van der Waals surface area contributed by atoms with Crippen LogP contribution in [-0.4, -0.2) is 61.2 Å². The summed E-state index contributed by atoms with van der Waals surface area (Å²) in [6.45, 7) is 7.44. The zero-order valence-corrected chi connectivity index (χ0v) is 16.4. The molecule has 3 rings (SSSR count). The number of carbonyl (C=O) groups is 1. The monoisotopic (exact) mass is 381 g/mol. The molecule has 0 atom stereocenters. The quantitative estimate of drug-likeness (QED) is 0.850. The number of urea groups is 1. The van der Waals surface area contributed by atoms with Crippen LogP contribution in [0.15, 0.2) is 35.2 Å². The van der Waals surface area contributed by atoms with Crippen molar-refractivity contribution >= 4 is 16.1 Å². The molecule has 0 aromatic heterocycles. The number of piperidine rings is 1. The van der Waals surface area contributed by atoms with Gasteiger partial charge in [-0.3, -0.25) is 0 Å². The van der Waals surface area contributed by atoms with Crippen molar-refractivity contribution in [1.82, 2.24) is 14.5 Å². The molecule has 0 radical (unpaired) electrons. The summed E-state index contributed by atoms with van der Waals surface area (Å²) in [4.78, 5) is 14.4. The van der Waals surface area contributed by atoms with E-state index in [1.54, 1.807) is 35.2 Å². The number of hydrogen-bond donors (Lipinski definition) is 1. The number of nitrogens with zero attached hydrogens (tertiary/aromatic N) is 2. The number of ether oxygens (including phenoxy) is 1. The van der Waals surface area contributed by atoms with E-state index in [0.717, 1.165) is 0 Å². The van der Waals surface area contributed by atoms with Crippen molar-refractivity contribution in [1.29, 1.82) is 0 Å². The summed E-state index contributed by atoms with van der Waals surface area (Å²) in [5.41, 5.74) is -1.16.